The van der Waals surface area contributed by atoms with Crippen LogP contribution in [-0.2, 0) is 6.54 Å². The number of benzene rings is 1. The second-order valence-electron chi connectivity index (χ2n) is 3.59. The highest BCUT2D eigenvalue weighted by Gasteiger charge is 2.14. The molecule has 7 heteroatoms. The van der Waals surface area contributed by atoms with E-state index in [0.717, 1.165) is 5.01 Å². The average molecular weight is 284 g/mol. The fraction of sp³-hybridized carbons (Fsp3) is 0.0909. The van der Waals surface area contributed by atoms with Gasteiger partial charge < -0.3 is 10.2 Å². The summed E-state index contributed by atoms with van der Waals surface area (Å²) in [5.74, 6) is -0.137. The molecular formula is C11H7ClFN3OS. The third-order valence-electron chi connectivity index (χ3n) is 2.35. The van der Waals surface area contributed by atoms with Gasteiger partial charge in [0.05, 0.1) is 5.02 Å². The first-order valence-corrected chi connectivity index (χ1v) is 6.33. The molecule has 4 nitrogen and oxygen atoms in total. The summed E-state index contributed by atoms with van der Waals surface area (Å²) < 4.78 is 18.7. The molecule has 0 bridgehead atoms. The topological polar surface area (TPSA) is 64.9 Å². The third-order valence-corrected chi connectivity index (χ3v) is 3.51. The monoisotopic (exact) mass is 283 g/mol. The van der Waals surface area contributed by atoms with Gasteiger partial charge in [0.15, 0.2) is 5.58 Å². The molecule has 2 aromatic heterocycles. The van der Waals surface area contributed by atoms with Crippen molar-refractivity contribution in [1.29, 1.82) is 0 Å². The van der Waals surface area contributed by atoms with E-state index in [9.17, 15) is 4.39 Å². The van der Waals surface area contributed by atoms with Crippen LogP contribution in [0.25, 0.3) is 22.7 Å². The van der Waals surface area contributed by atoms with Crippen molar-refractivity contribution in [3.63, 3.8) is 0 Å². The van der Waals surface area contributed by atoms with Crippen molar-refractivity contribution < 1.29 is 8.81 Å². The summed E-state index contributed by atoms with van der Waals surface area (Å²) in [7, 11) is 0. The SMILES string of the molecule is NCc1nc(-c2nc3cc(F)cc(Cl)c3o2)cs1. The highest BCUT2D eigenvalue weighted by atomic mass is 35.5. The van der Waals surface area contributed by atoms with Crippen LogP contribution < -0.4 is 5.73 Å². The van der Waals surface area contributed by atoms with Crippen molar-refractivity contribution in [2.75, 3.05) is 0 Å². The van der Waals surface area contributed by atoms with Crippen LogP contribution in [0.15, 0.2) is 21.9 Å². The molecule has 0 unspecified atom stereocenters. The molecule has 0 aliphatic heterocycles. The highest BCUT2D eigenvalue weighted by Crippen LogP contribution is 2.30. The lowest BCUT2D eigenvalue weighted by Gasteiger charge is -1.90. The summed E-state index contributed by atoms with van der Waals surface area (Å²) in [6.45, 7) is 0.361. The minimum atomic E-state index is -0.451. The predicted octanol–water partition coefficient (Wildman–Crippen LogP) is 3.20. The number of hydrogen-bond acceptors (Lipinski definition) is 5. The Morgan fingerprint density at radius 1 is 1.39 bits per heavy atom. The maximum Gasteiger partial charge on any atom is 0.247 e. The molecule has 18 heavy (non-hydrogen) atoms. The lowest BCUT2D eigenvalue weighted by atomic mass is 10.3. The van der Waals surface area contributed by atoms with E-state index in [4.69, 9.17) is 21.8 Å². The zero-order valence-electron chi connectivity index (χ0n) is 8.98. The number of hydrogen-bond donors (Lipinski definition) is 1. The maximum atomic E-state index is 13.2. The minimum absolute atomic E-state index is 0.193. The number of nitrogens with zero attached hydrogens (tertiary/aromatic N) is 2. The van der Waals surface area contributed by atoms with Gasteiger partial charge in [0.25, 0.3) is 0 Å². The van der Waals surface area contributed by atoms with E-state index >= 15 is 0 Å². The Morgan fingerprint density at radius 3 is 2.94 bits per heavy atom. The van der Waals surface area contributed by atoms with Gasteiger partial charge in [0.1, 0.15) is 22.0 Å². The van der Waals surface area contributed by atoms with Crippen LogP contribution in [0, 0.1) is 5.82 Å². The number of fused-ring (bicyclic) bond motifs is 1. The fourth-order valence-corrected chi connectivity index (χ4v) is 2.46. The van der Waals surface area contributed by atoms with Crippen LogP contribution >= 0.6 is 22.9 Å². The zero-order chi connectivity index (χ0) is 12.7. The van der Waals surface area contributed by atoms with Gasteiger partial charge in [-0.1, -0.05) is 11.6 Å². The minimum Gasteiger partial charge on any atom is -0.433 e. The molecular weight excluding hydrogens is 277 g/mol. The second kappa shape index (κ2) is 4.31. The number of nitrogens with two attached hydrogens (primary N) is 1. The maximum absolute atomic E-state index is 13.2. The largest absolute Gasteiger partial charge is 0.433 e. The van der Waals surface area contributed by atoms with E-state index in [2.05, 4.69) is 9.97 Å². The lowest BCUT2D eigenvalue weighted by molar-refractivity contribution is 0.612. The second-order valence-corrected chi connectivity index (χ2v) is 4.94. The molecule has 92 valence electrons. The number of aromatic nitrogens is 2. The molecule has 0 aliphatic carbocycles. The van der Waals surface area contributed by atoms with Gasteiger partial charge in [0, 0.05) is 18.0 Å². The van der Waals surface area contributed by atoms with Crippen molar-refractivity contribution in [2.24, 2.45) is 5.73 Å². The quantitative estimate of drug-likeness (QED) is 0.784. The van der Waals surface area contributed by atoms with E-state index in [1.54, 1.807) is 5.38 Å². The van der Waals surface area contributed by atoms with Crippen molar-refractivity contribution in [3.8, 4) is 11.6 Å². The Bertz CT molecular complexity index is 724. The Balaban J connectivity index is 2.16. The van der Waals surface area contributed by atoms with Crippen molar-refractivity contribution in [1.82, 2.24) is 9.97 Å². The first-order valence-electron chi connectivity index (χ1n) is 5.08. The van der Waals surface area contributed by atoms with Gasteiger partial charge in [-0.15, -0.1) is 11.3 Å². The molecule has 2 heterocycles. The molecule has 0 saturated heterocycles. The Labute approximate surface area is 110 Å². The summed E-state index contributed by atoms with van der Waals surface area (Å²) in [6, 6.07) is 2.45. The van der Waals surface area contributed by atoms with Gasteiger partial charge in [-0.25, -0.2) is 14.4 Å². The van der Waals surface area contributed by atoms with Gasteiger partial charge in [-0.05, 0) is 6.07 Å². The van der Waals surface area contributed by atoms with Crippen LogP contribution in [0.3, 0.4) is 0 Å². The molecule has 0 aliphatic rings. The van der Waals surface area contributed by atoms with Gasteiger partial charge in [0.2, 0.25) is 5.89 Å². The summed E-state index contributed by atoms with van der Waals surface area (Å²) in [5.41, 5.74) is 6.79. The third kappa shape index (κ3) is 1.88. The number of rotatable bonds is 2. The van der Waals surface area contributed by atoms with Gasteiger partial charge in [-0.2, -0.15) is 0 Å². The summed E-state index contributed by atoms with van der Waals surface area (Å²) in [6.07, 6.45) is 0. The zero-order valence-corrected chi connectivity index (χ0v) is 10.6. The smallest absolute Gasteiger partial charge is 0.247 e. The van der Waals surface area contributed by atoms with Crippen molar-refractivity contribution in [2.45, 2.75) is 6.54 Å². The molecule has 3 rings (SSSR count). The van der Waals surface area contributed by atoms with Gasteiger partial charge in [-0.3, -0.25) is 0 Å². The predicted molar refractivity (Wildman–Crippen MR) is 68.0 cm³/mol. The Kier molecular flexibility index (Phi) is 2.77. The van der Waals surface area contributed by atoms with Crippen LogP contribution in [0.2, 0.25) is 5.02 Å². The molecule has 2 N–H and O–H groups in total. The van der Waals surface area contributed by atoms with E-state index in [0.29, 0.717) is 29.2 Å². The van der Waals surface area contributed by atoms with E-state index in [1.165, 1.54) is 23.5 Å². The van der Waals surface area contributed by atoms with Crippen LogP contribution in [0.4, 0.5) is 4.39 Å². The summed E-state index contributed by atoms with van der Waals surface area (Å²) >= 11 is 7.30. The normalized spacial score (nSPS) is 11.3. The number of halogens is 2. The molecule has 0 radical (unpaired) electrons. The van der Waals surface area contributed by atoms with Crippen LogP contribution in [-0.4, -0.2) is 9.97 Å². The van der Waals surface area contributed by atoms with E-state index < -0.39 is 5.82 Å². The molecule has 0 spiro atoms. The lowest BCUT2D eigenvalue weighted by Crippen LogP contribution is -1.94. The Hall–Kier alpha value is -1.50. The molecule has 0 saturated carbocycles. The molecule has 3 aromatic rings. The molecule has 0 fully saturated rings. The first-order chi connectivity index (χ1) is 8.67. The van der Waals surface area contributed by atoms with Crippen molar-refractivity contribution >= 4 is 34.0 Å². The summed E-state index contributed by atoms with van der Waals surface area (Å²) in [4.78, 5) is 8.41. The standard InChI is InChI=1S/C11H7ClFN3OS/c12-6-1-5(13)2-7-10(6)17-11(16-7)8-4-18-9(3-14)15-8/h1-2,4H,3,14H2. The van der Waals surface area contributed by atoms with Gasteiger partial charge >= 0.3 is 0 Å². The molecule has 0 atom stereocenters. The Morgan fingerprint density at radius 2 is 2.22 bits per heavy atom. The first kappa shape index (κ1) is 11.6. The molecule has 0 amide bonds. The number of thiazole rings is 1. The van der Waals surface area contributed by atoms with E-state index in [-0.39, 0.29) is 5.02 Å². The van der Waals surface area contributed by atoms with Crippen LogP contribution in [0.1, 0.15) is 5.01 Å². The molecule has 1 aromatic carbocycles. The fourth-order valence-electron chi connectivity index (χ4n) is 1.57. The highest BCUT2D eigenvalue weighted by molar-refractivity contribution is 7.09. The average Bonchev–Trinajstić information content (AvgIpc) is 2.93. The van der Waals surface area contributed by atoms with Crippen molar-refractivity contribution in [3.05, 3.63) is 33.4 Å². The summed E-state index contributed by atoms with van der Waals surface area (Å²) in [5, 5.41) is 2.76. The van der Waals surface area contributed by atoms with Crippen LogP contribution in [0.5, 0.6) is 0 Å². The number of oxazole rings is 1. The van der Waals surface area contributed by atoms with E-state index in [1.807, 2.05) is 0 Å².